The van der Waals surface area contributed by atoms with Crippen molar-refractivity contribution in [3.05, 3.63) is 12.3 Å². The highest BCUT2D eigenvalue weighted by Gasteiger charge is 2.15. The summed E-state index contributed by atoms with van der Waals surface area (Å²) in [4.78, 5) is 0. The van der Waals surface area contributed by atoms with Gasteiger partial charge in [0.1, 0.15) is 6.61 Å². The second kappa shape index (κ2) is 3.62. The molecule has 0 N–H and O–H groups in total. The fourth-order valence-corrected chi connectivity index (χ4v) is 1.01. The summed E-state index contributed by atoms with van der Waals surface area (Å²) in [6, 6.07) is 0. The Bertz CT molecular complexity index is 114. The maximum Gasteiger partial charge on any atom is 0.114 e. The van der Waals surface area contributed by atoms with Gasteiger partial charge < -0.3 is 9.47 Å². The number of hydrogen-bond donors (Lipinski definition) is 0. The van der Waals surface area contributed by atoms with Gasteiger partial charge in [-0.1, -0.05) is 6.58 Å². The largest absolute Gasteiger partial charge is 0.496 e. The van der Waals surface area contributed by atoms with Crippen molar-refractivity contribution in [3.8, 4) is 0 Å². The Kier molecular flexibility index (Phi) is 2.75. The lowest BCUT2D eigenvalue weighted by molar-refractivity contribution is 0.0439. The number of rotatable bonds is 3. The van der Waals surface area contributed by atoms with E-state index >= 15 is 0 Å². The molecule has 1 atom stereocenters. The molecule has 58 valence electrons. The van der Waals surface area contributed by atoms with Gasteiger partial charge in [0.2, 0.25) is 0 Å². The topological polar surface area (TPSA) is 18.5 Å². The molecule has 0 aromatic heterocycles. The van der Waals surface area contributed by atoms with E-state index in [-0.39, 0.29) is 0 Å². The fourth-order valence-electron chi connectivity index (χ4n) is 1.01. The highest BCUT2D eigenvalue weighted by atomic mass is 16.5. The van der Waals surface area contributed by atoms with Crippen molar-refractivity contribution in [3.63, 3.8) is 0 Å². The molecule has 0 saturated carbocycles. The lowest BCUT2D eigenvalue weighted by Crippen LogP contribution is -2.12. The van der Waals surface area contributed by atoms with Crippen LogP contribution in [0.1, 0.15) is 19.8 Å². The summed E-state index contributed by atoms with van der Waals surface area (Å²) in [6.07, 6.45) is 2.62. The fraction of sp³-hybridized carbons (Fsp3) is 0.750. The van der Waals surface area contributed by atoms with Gasteiger partial charge in [0.05, 0.1) is 11.9 Å². The standard InChI is InChI=1S/C8H14O2/c1-7(2)10-6-8-4-3-5-9-8/h8H,1,3-6H2,2H3. The third-order valence-corrected chi connectivity index (χ3v) is 1.54. The van der Waals surface area contributed by atoms with Gasteiger partial charge in [-0.25, -0.2) is 0 Å². The van der Waals surface area contributed by atoms with Crippen LogP contribution in [-0.2, 0) is 9.47 Å². The summed E-state index contributed by atoms with van der Waals surface area (Å²) in [5, 5.41) is 0. The average Bonchev–Trinajstić information content (AvgIpc) is 2.34. The summed E-state index contributed by atoms with van der Waals surface area (Å²) in [5.74, 6) is 0.774. The first-order valence-corrected chi connectivity index (χ1v) is 3.69. The summed E-state index contributed by atoms with van der Waals surface area (Å²) >= 11 is 0. The summed E-state index contributed by atoms with van der Waals surface area (Å²) in [5.41, 5.74) is 0. The molecule has 0 spiro atoms. The van der Waals surface area contributed by atoms with Crippen LogP contribution in [-0.4, -0.2) is 19.3 Å². The Morgan fingerprint density at radius 2 is 2.60 bits per heavy atom. The Labute approximate surface area is 61.8 Å². The van der Waals surface area contributed by atoms with E-state index in [1.165, 1.54) is 6.42 Å². The molecule has 1 saturated heterocycles. The first-order chi connectivity index (χ1) is 4.79. The normalized spacial score (nSPS) is 24.7. The molecule has 0 amide bonds. The molecule has 0 aliphatic carbocycles. The number of ether oxygens (including phenoxy) is 2. The summed E-state index contributed by atoms with van der Waals surface area (Å²) in [6.45, 7) is 7.06. The lowest BCUT2D eigenvalue weighted by atomic mass is 10.2. The van der Waals surface area contributed by atoms with Crippen LogP contribution in [0.15, 0.2) is 12.3 Å². The van der Waals surface area contributed by atoms with Crippen molar-refractivity contribution in [2.75, 3.05) is 13.2 Å². The predicted octanol–water partition coefficient (Wildman–Crippen LogP) is 1.72. The quantitative estimate of drug-likeness (QED) is 0.558. The van der Waals surface area contributed by atoms with Crippen LogP contribution in [0.3, 0.4) is 0 Å². The van der Waals surface area contributed by atoms with Crippen molar-refractivity contribution in [1.29, 1.82) is 0 Å². The van der Waals surface area contributed by atoms with Gasteiger partial charge in [-0.3, -0.25) is 0 Å². The van der Waals surface area contributed by atoms with Crippen LogP contribution in [0.2, 0.25) is 0 Å². The van der Waals surface area contributed by atoms with Gasteiger partial charge in [-0.15, -0.1) is 0 Å². The summed E-state index contributed by atoms with van der Waals surface area (Å²) < 4.78 is 10.5. The molecule has 0 aromatic carbocycles. The van der Waals surface area contributed by atoms with E-state index in [2.05, 4.69) is 6.58 Å². The van der Waals surface area contributed by atoms with Crippen LogP contribution in [0.5, 0.6) is 0 Å². The zero-order valence-electron chi connectivity index (χ0n) is 6.43. The highest BCUT2D eigenvalue weighted by molar-refractivity contribution is 4.75. The third-order valence-electron chi connectivity index (χ3n) is 1.54. The third kappa shape index (κ3) is 2.40. The van der Waals surface area contributed by atoms with Crippen LogP contribution < -0.4 is 0 Å². The first kappa shape index (κ1) is 7.61. The van der Waals surface area contributed by atoms with Crippen molar-refractivity contribution in [2.45, 2.75) is 25.9 Å². The van der Waals surface area contributed by atoms with Crippen molar-refractivity contribution in [1.82, 2.24) is 0 Å². The predicted molar refractivity (Wildman–Crippen MR) is 39.7 cm³/mol. The van der Waals surface area contributed by atoms with E-state index in [0.717, 1.165) is 18.8 Å². The highest BCUT2D eigenvalue weighted by Crippen LogP contribution is 2.12. The Balaban J connectivity index is 2.07. The summed E-state index contributed by atoms with van der Waals surface area (Å²) in [7, 11) is 0. The van der Waals surface area contributed by atoms with Gasteiger partial charge in [0, 0.05) is 6.61 Å². The van der Waals surface area contributed by atoms with E-state index in [4.69, 9.17) is 9.47 Å². The van der Waals surface area contributed by atoms with Gasteiger partial charge in [0.25, 0.3) is 0 Å². The molecule has 0 radical (unpaired) electrons. The monoisotopic (exact) mass is 142 g/mol. The molecule has 2 heteroatoms. The van der Waals surface area contributed by atoms with Crippen LogP contribution in [0, 0.1) is 0 Å². The number of hydrogen-bond acceptors (Lipinski definition) is 2. The zero-order valence-corrected chi connectivity index (χ0v) is 6.43. The second-order valence-electron chi connectivity index (χ2n) is 2.65. The molecule has 1 aliphatic heterocycles. The van der Waals surface area contributed by atoms with E-state index in [1.807, 2.05) is 6.92 Å². The molecule has 0 aromatic rings. The Morgan fingerprint density at radius 1 is 1.80 bits per heavy atom. The second-order valence-corrected chi connectivity index (χ2v) is 2.65. The van der Waals surface area contributed by atoms with E-state index in [9.17, 15) is 0 Å². The molecular formula is C8H14O2. The number of allylic oxidation sites excluding steroid dienone is 1. The molecule has 1 rings (SSSR count). The van der Waals surface area contributed by atoms with Gasteiger partial charge in [-0.05, 0) is 19.8 Å². The van der Waals surface area contributed by atoms with Crippen LogP contribution in [0.4, 0.5) is 0 Å². The molecule has 1 unspecified atom stereocenters. The van der Waals surface area contributed by atoms with Crippen molar-refractivity contribution < 1.29 is 9.47 Å². The Morgan fingerprint density at radius 3 is 3.10 bits per heavy atom. The van der Waals surface area contributed by atoms with Gasteiger partial charge in [-0.2, -0.15) is 0 Å². The van der Waals surface area contributed by atoms with Crippen LogP contribution >= 0.6 is 0 Å². The molecule has 1 heterocycles. The van der Waals surface area contributed by atoms with E-state index in [0.29, 0.717) is 12.7 Å². The minimum atomic E-state index is 0.316. The van der Waals surface area contributed by atoms with E-state index in [1.54, 1.807) is 0 Å². The van der Waals surface area contributed by atoms with Crippen molar-refractivity contribution in [2.24, 2.45) is 0 Å². The molecule has 10 heavy (non-hydrogen) atoms. The molecular weight excluding hydrogens is 128 g/mol. The molecule has 1 aliphatic rings. The SMILES string of the molecule is C=C(C)OCC1CCCO1. The first-order valence-electron chi connectivity index (χ1n) is 3.69. The minimum Gasteiger partial charge on any atom is -0.496 e. The molecule has 0 bridgehead atoms. The smallest absolute Gasteiger partial charge is 0.114 e. The Hall–Kier alpha value is -0.500. The average molecular weight is 142 g/mol. The minimum absolute atomic E-state index is 0.316. The molecule has 2 nitrogen and oxygen atoms in total. The van der Waals surface area contributed by atoms with Gasteiger partial charge in [0.15, 0.2) is 0 Å². The zero-order chi connectivity index (χ0) is 7.40. The lowest BCUT2D eigenvalue weighted by Gasteiger charge is -2.10. The molecule has 1 fully saturated rings. The van der Waals surface area contributed by atoms with E-state index < -0.39 is 0 Å². The maximum absolute atomic E-state index is 5.34. The van der Waals surface area contributed by atoms with Crippen molar-refractivity contribution >= 4 is 0 Å². The maximum atomic E-state index is 5.34. The van der Waals surface area contributed by atoms with Gasteiger partial charge >= 0.3 is 0 Å². The van der Waals surface area contributed by atoms with Crippen LogP contribution in [0.25, 0.3) is 0 Å².